The molecule has 0 spiro atoms. The van der Waals surface area contributed by atoms with Gasteiger partial charge in [-0.3, -0.25) is 0 Å². The molecule has 0 unspecified atom stereocenters. The van der Waals surface area contributed by atoms with Crippen LogP contribution >= 0.6 is 0 Å². The topological polar surface area (TPSA) is 12.5 Å². The predicted octanol–water partition coefficient (Wildman–Crippen LogP) is 4.29. The van der Waals surface area contributed by atoms with Gasteiger partial charge in [-0.15, -0.1) is 0 Å². The maximum absolute atomic E-state index is 13.1. The second-order valence-corrected chi connectivity index (χ2v) is 7.17. The Morgan fingerprint density at radius 1 is 1.18 bits per heavy atom. The fourth-order valence-corrected chi connectivity index (χ4v) is 3.30. The molecule has 22 heavy (non-hydrogen) atoms. The zero-order valence-electron chi connectivity index (χ0n) is 14.3. The molecule has 1 saturated carbocycles. The van der Waals surface area contributed by atoms with Crippen LogP contribution in [-0.4, -0.2) is 37.7 Å². The van der Waals surface area contributed by atoms with Gasteiger partial charge in [0.2, 0.25) is 0 Å². The van der Waals surface area contributed by atoms with E-state index in [9.17, 15) is 4.39 Å². The molecule has 0 radical (unpaired) electrons. The van der Waals surface area contributed by atoms with Crippen molar-refractivity contribution in [2.75, 3.05) is 27.2 Å². The Hall–Kier alpha value is -0.930. The normalized spacial score (nSPS) is 25.6. The Morgan fingerprint density at radius 3 is 2.41 bits per heavy atom. The van der Waals surface area contributed by atoms with E-state index in [2.05, 4.69) is 25.9 Å². The fourth-order valence-electron chi connectivity index (χ4n) is 3.30. The second-order valence-electron chi connectivity index (χ2n) is 7.17. The Kier molecular flexibility index (Phi) is 6.39. The van der Waals surface area contributed by atoms with Crippen LogP contribution in [0.15, 0.2) is 24.3 Å². The molecule has 1 aliphatic carbocycles. The molecule has 1 fully saturated rings. The molecule has 2 rings (SSSR count). The first kappa shape index (κ1) is 17.4. The van der Waals surface area contributed by atoms with Gasteiger partial charge in [-0.05, 0) is 76.4 Å². The van der Waals surface area contributed by atoms with Gasteiger partial charge in [-0.25, -0.2) is 4.39 Å². The van der Waals surface area contributed by atoms with Crippen molar-refractivity contribution >= 4 is 0 Å². The lowest BCUT2D eigenvalue weighted by molar-refractivity contribution is -0.0781. The predicted molar refractivity (Wildman–Crippen MR) is 89.6 cm³/mol. The van der Waals surface area contributed by atoms with E-state index in [-0.39, 0.29) is 11.4 Å². The van der Waals surface area contributed by atoms with Crippen LogP contribution in [0.2, 0.25) is 0 Å². The highest BCUT2D eigenvalue weighted by molar-refractivity contribution is 5.18. The van der Waals surface area contributed by atoms with Crippen molar-refractivity contribution in [2.45, 2.75) is 51.0 Å². The van der Waals surface area contributed by atoms with E-state index in [1.807, 2.05) is 12.1 Å². The summed E-state index contributed by atoms with van der Waals surface area (Å²) >= 11 is 0. The van der Waals surface area contributed by atoms with Crippen molar-refractivity contribution in [3.05, 3.63) is 35.6 Å². The Bertz CT molecular complexity index is 435. The number of nitrogens with zero attached hydrogens (tertiary/aromatic N) is 1. The minimum Gasteiger partial charge on any atom is -0.375 e. The van der Waals surface area contributed by atoms with E-state index in [0.29, 0.717) is 0 Å². The van der Waals surface area contributed by atoms with Gasteiger partial charge in [-0.2, -0.15) is 0 Å². The van der Waals surface area contributed by atoms with Crippen molar-refractivity contribution in [2.24, 2.45) is 5.92 Å². The van der Waals surface area contributed by atoms with Gasteiger partial charge in [0.1, 0.15) is 5.82 Å². The first-order chi connectivity index (χ1) is 10.5. The second kappa shape index (κ2) is 8.07. The first-order valence-electron chi connectivity index (χ1n) is 8.52. The van der Waals surface area contributed by atoms with Gasteiger partial charge in [0.25, 0.3) is 0 Å². The Labute approximate surface area is 134 Å². The molecule has 124 valence electrons. The van der Waals surface area contributed by atoms with E-state index in [1.165, 1.54) is 18.4 Å². The van der Waals surface area contributed by atoms with Gasteiger partial charge in [0, 0.05) is 13.0 Å². The van der Waals surface area contributed by atoms with Crippen molar-refractivity contribution in [3.63, 3.8) is 0 Å². The molecule has 0 N–H and O–H groups in total. The molecule has 2 nitrogen and oxygen atoms in total. The van der Waals surface area contributed by atoms with Crippen molar-refractivity contribution in [1.29, 1.82) is 0 Å². The molecule has 1 aliphatic rings. The summed E-state index contributed by atoms with van der Waals surface area (Å²) in [7, 11) is 4.19. The number of benzene rings is 1. The molecule has 0 amide bonds. The minimum atomic E-state index is -0.165. The Morgan fingerprint density at radius 2 is 1.82 bits per heavy atom. The quantitative estimate of drug-likeness (QED) is 0.697. The SMILES string of the molecule is CC1CCC(Cc2ccc(F)cc2)(OCCCN(C)C)CC1. The maximum Gasteiger partial charge on any atom is 0.123 e. The summed E-state index contributed by atoms with van der Waals surface area (Å²) in [5.41, 5.74) is 1.14. The van der Waals surface area contributed by atoms with Gasteiger partial charge in [0.15, 0.2) is 0 Å². The minimum absolute atomic E-state index is 0.0450. The van der Waals surface area contributed by atoms with Gasteiger partial charge >= 0.3 is 0 Å². The number of rotatable bonds is 7. The van der Waals surface area contributed by atoms with E-state index in [1.54, 1.807) is 12.1 Å². The summed E-state index contributed by atoms with van der Waals surface area (Å²) < 4.78 is 19.5. The highest BCUT2D eigenvalue weighted by Crippen LogP contribution is 2.37. The summed E-state index contributed by atoms with van der Waals surface area (Å²) in [6.45, 7) is 4.20. The van der Waals surface area contributed by atoms with Gasteiger partial charge in [-0.1, -0.05) is 19.1 Å². The third-order valence-corrected chi connectivity index (χ3v) is 4.78. The molecule has 1 aromatic rings. The lowest BCUT2D eigenvalue weighted by Gasteiger charge is -2.40. The Balaban J connectivity index is 1.97. The molecular formula is C19H30FNO. The van der Waals surface area contributed by atoms with Crippen LogP contribution < -0.4 is 0 Å². The van der Waals surface area contributed by atoms with Gasteiger partial charge in [0.05, 0.1) is 5.60 Å². The summed E-state index contributed by atoms with van der Waals surface area (Å²) in [5.74, 6) is 0.633. The van der Waals surface area contributed by atoms with E-state index < -0.39 is 0 Å². The molecule has 0 aliphatic heterocycles. The molecule has 0 saturated heterocycles. The number of halogens is 1. The highest BCUT2D eigenvalue weighted by Gasteiger charge is 2.35. The summed E-state index contributed by atoms with van der Waals surface area (Å²) in [6, 6.07) is 6.91. The molecule has 0 atom stereocenters. The van der Waals surface area contributed by atoms with Crippen LogP contribution in [0.1, 0.15) is 44.6 Å². The van der Waals surface area contributed by atoms with E-state index in [0.717, 1.165) is 44.8 Å². The fraction of sp³-hybridized carbons (Fsp3) is 0.684. The molecule has 0 heterocycles. The van der Waals surface area contributed by atoms with E-state index >= 15 is 0 Å². The third-order valence-electron chi connectivity index (χ3n) is 4.78. The lowest BCUT2D eigenvalue weighted by Crippen LogP contribution is -2.39. The van der Waals surface area contributed by atoms with Crippen LogP contribution in [0.5, 0.6) is 0 Å². The summed E-state index contributed by atoms with van der Waals surface area (Å²) in [4.78, 5) is 2.19. The monoisotopic (exact) mass is 307 g/mol. The van der Waals surface area contributed by atoms with E-state index in [4.69, 9.17) is 4.74 Å². The van der Waals surface area contributed by atoms with Crippen LogP contribution in [0.4, 0.5) is 4.39 Å². The molecule has 0 aromatic heterocycles. The van der Waals surface area contributed by atoms with Crippen molar-refractivity contribution < 1.29 is 9.13 Å². The highest BCUT2D eigenvalue weighted by atomic mass is 19.1. The zero-order chi connectivity index (χ0) is 16.0. The average Bonchev–Trinajstić information content (AvgIpc) is 2.49. The molecular weight excluding hydrogens is 277 g/mol. The number of hydrogen-bond donors (Lipinski definition) is 0. The lowest BCUT2D eigenvalue weighted by atomic mass is 9.76. The number of ether oxygens (including phenoxy) is 1. The maximum atomic E-state index is 13.1. The van der Waals surface area contributed by atoms with Crippen LogP contribution in [0.3, 0.4) is 0 Å². The summed E-state index contributed by atoms with van der Waals surface area (Å²) in [6.07, 6.45) is 6.67. The molecule has 3 heteroatoms. The summed E-state index contributed by atoms with van der Waals surface area (Å²) in [5, 5.41) is 0. The van der Waals surface area contributed by atoms with Crippen LogP contribution in [0, 0.1) is 11.7 Å². The molecule has 0 bridgehead atoms. The molecule has 1 aromatic carbocycles. The average molecular weight is 307 g/mol. The van der Waals surface area contributed by atoms with Crippen LogP contribution in [0.25, 0.3) is 0 Å². The standard InChI is InChI=1S/C19H30FNO/c1-16-9-11-19(12-10-16,22-14-4-13-21(2)3)15-17-5-7-18(20)8-6-17/h5-8,16H,4,9-15H2,1-3H3. The smallest absolute Gasteiger partial charge is 0.123 e. The van der Waals surface area contributed by atoms with Crippen molar-refractivity contribution in [3.8, 4) is 0 Å². The third kappa shape index (κ3) is 5.36. The van der Waals surface area contributed by atoms with Crippen LogP contribution in [-0.2, 0) is 11.2 Å². The first-order valence-corrected chi connectivity index (χ1v) is 8.52. The zero-order valence-corrected chi connectivity index (χ0v) is 14.3. The van der Waals surface area contributed by atoms with Gasteiger partial charge < -0.3 is 9.64 Å². The van der Waals surface area contributed by atoms with Crippen molar-refractivity contribution in [1.82, 2.24) is 4.90 Å². The largest absolute Gasteiger partial charge is 0.375 e. The number of hydrogen-bond acceptors (Lipinski definition) is 2.